The Bertz CT molecular complexity index is 2060. The molecule has 0 aliphatic rings. The van der Waals surface area contributed by atoms with Crippen LogP contribution in [0.15, 0.2) is 114 Å². The van der Waals surface area contributed by atoms with Gasteiger partial charge in [0.25, 0.3) is 0 Å². The zero-order valence-electron chi connectivity index (χ0n) is 18.2. The number of benzene rings is 5. The molecule has 0 amide bonds. The number of hydrogen-bond donors (Lipinski definition) is 0. The predicted molar refractivity (Wildman–Crippen MR) is 141 cm³/mol. The van der Waals surface area contributed by atoms with Crippen molar-refractivity contribution >= 4 is 65.3 Å². The quantitative estimate of drug-likeness (QED) is 0.260. The zero-order chi connectivity index (χ0) is 22.2. The van der Waals surface area contributed by atoms with E-state index in [0.29, 0.717) is 0 Å². The highest BCUT2D eigenvalue weighted by molar-refractivity contribution is 6.26. The van der Waals surface area contributed by atoms with Crippen molar-refractivity contribution in [3.63, 3.8) is 0 Å². The smallest absolute Gasteiger partial charge is 0.137 e. The maximum Gasteiger partial charge on any atom is 0.137 e. The van der Waals surface area contributed by atoms with Crippen LogP contribution in [-0.4, -0.2) is 9.55 Å². The number of hydrogen-bond acceptors (Lipinski definition) is 2. The van der Waals surface area contributed by atoms with Crippen molar-refractivity contribution in [1.29, 1.82) is 0 Å². The second-order valence-electron chi connectivity index (χ2n) is 8.83. The van der Waals surface area contributed by atoms with Crippen LogP contribution in [0.5, 0.6) is 0 Å². The fraction of sp³-hybridized carbons (Fsp3) is 0. The summed E-state index contributed by atoms with van der Waals surface area (Å²) in [5, 5.41) is 9.59. The van der Waals surface area contributed by atoms with Gasteiger partial charge in [-0.05, 0) is 57.9 Å². The molecule has 158 valence electrons. The molecule has 34 heavy (non-hydrogen) atoms. The molecule has 3 heterocycles. The van der Waals surface area contributed by atoms with Crippen LogP contribution in [0.3, 0.4) is 0 Å². The third kappa shape index (κ3) is 2.28. The second-order valence-corrected chi connectivity index (χ2v) is 8.83. The van der Waals surface area contributed by atoms with Crippen LogP contribution in [0.25, 0.3) is 71.1 Å². The molecule has 0 unspecified atom stereocenters. The Morgan fingerprint density at radius 2 is 1.26 bits per heavy atom. The highest BCUT2D eigenvalue weighted by atomic mass is 16.3. The van der Waals surface area contributed by atoms with Crippen LogP contribution in [0.1, 0.15) is 0 Å². The molecule has 0 spiro atoms. The third-order valence-corrected chi connectivity index (χ3v) is 7.01. The van der Waals surface area contributed by atoms with Crippen molar-refractivity contribution in [2.45, 2.75) is 0 Å². The largest absolute Gasteiger partial charge is 0.456 e. The fourth-order valence-electron chi connectivity index (χ4n) is 5.56. The molecule has 0 atom stereocenters. The van der Waals surface area contributed by atoms with E-state index in [1.165, 1.54) is 32.3 Å². The van der Waals surface area contributed by atoms with Crippen LogP contribution in [-0.2, 0) is 0 Å². The molecular weight excluding hydrogens is 416 g/mol. The van der Waals surface area contributed by atoms with Gasteiger partial charge in [0.05, 0.1) is 11.0 Å². The molecule has 0 aliphatic heterocycles. The van der Waals surface area contributed by atoms with Crippen LogP contribution in [0.2, 0.25) is 0 Å². The zero-order valence-corrected chi connectivity index (χ0v) is 18.2. The Kier molecular flexibility index (Phi) is 3.39. The first-order valence-electron chi connectivity index (χ1n) is 11.5. The molecule has 3 aromatic heterocycles. The van der Waals surface area contributed by atoms with Crippen molar-refractivity contribution in [2.24, 2.45) is 0 Å². The van der Waals surface area contributed by atoms with Crippen molar-refractivity contribution in [1.82, 2.24) is 9.55 Å². The van der Waals surface area contributed by atoms with Gasteiger partial charge >= 0.3 is 0 Å². The molecular formula is C31H18N2O. The summed E-state index contributed by atoms with van der Waals surface area (Å²) in [6.45, 7) is 0. The fourth-order valence-corrected chi connectivity index (χ4v) is 5.56. The predicted octanol–water partition coefficient (Wildman–Crippen LogP) is 8.38. The highest BCUT2D eigenvalue weighted by Gasteiger charge is 2.19. The summed E-state index contributed by atoms with van der Waals surface area (Å²) < 4.78 is 8.70. The lowest BCUT2D eigenvalue weighted by Crippen LogP contribution is -1.96. The minimum absolute atomic E-state index is 0.909. The Morgan fingerprint density at radius 3 is 2.06 bits per heavy atom. The lowest BCUT2D eigenvalue weighted by molar-refractivity contribution is 0.670. The summed E-state index contributed by atoms with van der Waals surface area (Å²) in [4.78, 5) is 4.72. The number of aromatic nitrogens is 2. The number of furan rings is 1. The van der Waals surface area contributed by atoms with Gasteiger partial charge in [0.15, 0.2) is 0 Å². The highest BCUT2D eigenvalue weighted by Crippen LogP contribution is 2.42. The standard InChI is InChI=1S/C31H18N2O/c1-3-9-21-19(7-1)12-14-25-30(21)23-18-28-24(17-26(23)33(25)29-11-5-6-16-32-29)31-22-10-4-2-8-20(22)13-15-27(31)34-28/h1-18H. The van der Waals surface area contributed by atoms with E-state index in [2.05, 4.69) is 95.6 Å². The normalized spacial score (nSPS) is 12.1. The second kappa shape index (κ2) is 6.46. The van der Waals surface area contributed by atoms with E-state index in [4.69, 9.17) is 9.40 Å². The summed E-state index contributed by atoms with van der Waals surface area (Å²) >= 11 is 0. The summed E-state index contributed by atoms with van der Waals surface area (Å²) in [5.41, 5.74) is 4.11. The molecule has 0 fully saturated rings. The molecule has 0 radical (unpaired) electrons. The first-order valence-corrected chi connectivity index (χ1v) is 11.5. The third-order valence-electron chi connectivity index (χ3n) is 7.01. The molecule has 0 bridgehead atoms. The molecule has 0 saturated heterocycles. The Balaban J connectivity index is 1.64. The van der Waals surface area contributed by atoms with Gasteiger partial charge in [-0.3, -0.25) is 4.57 Å². The van der Waals surface area contributed by atoms with Crippen molar-refractivity contribution in [2.75, 3.05) is 0 Å². The van der Waals surface area contributed by atoms with Gasteiger partial charge in [-0.25, -0.2) is 4.98 Å². The molecule has 8 aromatic rings. The first-order chi connectivity index (χ1) is 16.9. The molecule has 0 saturated carbocycles. The number of fused-ring (bicyclic) bond motifs is 10. The van der Waals surface area contributed by atoms with Gasteiger partial charge < -0.3 is 4.42 Å². The van der Waals surface area contributed by atoms with Crippen molar-refractivity contribution in [3.05, 3.63) is 109 Å². The SMILES string of the molecule is c1ccc(-n2c3cc4c(cc3c3c5ccccc5ccc32)oc2ccc3ccccc3c24)nc1. The van der Waals surface area contributed by atoms with E-state index in [-0.39, 0.29) is 0 Å². The molecule has 0 aliphatic carbocycles. The summed E-state index contributed by atoms with van der Waals surface area (Å²) in [5.74, 6) is 0.912. The minimum Gasteiger partial charge on any atom is -0.456 e. The van der Waals surface area contributed by atoms with E-state index >= 15 is 0 Å². The molecule has 8 rings (SSSR count). The monoisotopic (exact) mass is 434 g/mol. The maximum absolute atomic E-state index is 6.42. The number of rotatable bonds is 1. The van der Waals surface area contributed by atoms with Crippen LogP contribution >= 0.6 is 0 Å². The van der Waals surface area contributed by atoms with Crippen molar-refractivity contribution in [3.8, 4) is 5.82 Å². The van der Waals surface area contributed by atoms with Gasteiger partial charge in [0.2, 0.25) is 0 Å². The molecule has 5 aromatic carbocycles. The average Bonchev–Trinajstić information content (AvgIpc) is 3.43. The summed E-state index contributed by atoms with van der Waals surface area (Å²) in [6, 6.07) is 36.3. The Morgan fingerprint density at radius 1 is 0.529 bits per heavy atom. The van der Waals surface area contributed by atoms with Crippen LogP contribution < -0.4 is 0 Å². The van der Waals surface area contributed by atoms with Gasteiger partial charge in [0.1, 0.15) is 17.0 Å². The molecule has 0 N–H and O–H groups in total. The topological polar surface area (TPSA) is 31.0 Å². The summed E-state index contributed by atoms with van der Waals surface area (Å²) in [7, 11) is 0. The Hall–Kier alpha value is -4.63. The lowest BCUT2D eigenvalue weighted by atomic mass is 10.0. The minimum atomic E-state index is 0.909. The van der Waals surface area contributed by atoms with Crippen LogP contribution in [0, 0.1) is 0 Å². The van der Waals surface area contributed by atoms with E-state index in [0.717, 1.165) is 38.8 Å². The van der Waals surface area contributed by atoms with E-state index in [9.17, 15) is 0 Å². The number of nitrogens with zero attached hydrogens (tertiary/aromatic N) is 2. The number of pyridine rings is 1. The lowest BCUT2D eigenvalue weighted by Gasteiger charge is -2.07. The van der Waals surface area contributed by atoms with Gasteiger partial charge in [-0.1, -0.05) is 66.7 Å². The van der Waals surface area contributed by atoms with Crippen LogP contribution in [0.4, 0.5) is 0 Å². The molecule has 3 nitrogen and oxygen atoms in total. The molecule has 3 heteroatoms. The van der Waals surface area contributed by atoms with Gasteiger partial charge in [0, 0.05) is 27.7 Å². The Labute approximate surface area is 194 Å². The van der Waals surface area contributed by atoms with E-state index < -0.39 is 0 Å². The van der Waals surface area contributed by atoms with E-state index in [1.807, 2.05) is 18.3 Å². The van der Waals surface area contributed by atoms with Gasteiger partial charge in [-0.15, -0.1) is 0 Å². The average molecular weight is 434 g/mol. The first kappa shape index (κ1) is 17.9. The maximum atomic E-state index is 6.42. The van der Waals surface area contributed by atoms with E-state index in [1.54, 1.807) is 0 Å². The van der Waals surface area contributed by atoms with Gasteiger partial charge in [-0.2, -0.15) is 0 Å². The van der Waals surface area contributed by atoms with Crippen molar-refractivity contribution < 1.29 is 4.42 Å². The summed E-state index contributed by atoms with van der Waals surface area (Å²) in [6.07, 6.45) is 1.85.